The molecule has 0 heterocycles. The van der Waals surface area contributed by atoms with E-state index in [0.29, 0.717) is 6.07 Å². The van der Waals surface area contributed by atoms with Gasteiger partial charge in [-0.25, -0.2) is 4.39 Å². The summed E-state index contributed by atoms with van der Waals surface area (Å²) in [5.41, 5.74) is -0.580. The smallest absolute Gasteiger partial charge is 0.323 e. The lowest BCUT2D eigenvalue weighted by atomic mass is 10.2. The van der Waals surface area contributed by atoms with Gasteiger partial charge in [0.1, 0.15) is 12.2 Å². The molecule has 0 unspecified atom stereocenters. The number of methoxy groups -OCH3 is 2. The van der Waals surface area contributed by atoms with Crippen LogP contribution in [0.25, 0.3) is 0 Å². The van der Waals surface area contributed by atoms with Crippen molar-refractivity contribution < 1.29 is 28.7 Å². The number of anilines is 1. The Morgan fingerprint density at radius 3 is 2.62 bits per heavy atom. The van der Waals surface area contributed by atoms with E-state index in [0.717, 1.165) is 6.07 Å². The highest BCUT2D eigenvalue weighted by Gasteiger charge is 2.24. The Balaban J connectivity index is 3.31. The van der Waals surface area contributed by atoms with Crippen LogP contribution in [0.5, 0.6) is 5.75 Å². The fraction of sp³-hybridized carbons (Fsp3) is 0.417. The van der Waals surface area contributed by atoms with E-state index in [9.17, 15) is 19.3 Å². The molecule has 1 aromatic rings. The molecule has 0 radical (unpaired) electrons. The summed E-state index contributed by atoms with van der Waals surface area (Å²) < 4.78 is 23.2. The molecular formula is C12H15FN2O6. The Bertz CT molecular complexity index is 537. The number of halogens is 1. The third kappa shape index (κ3) is 4.28. The Labute approximate surface area is 119 Å². The van der Waals surface area contributed by atoms with Gasteiger partial charge in [0.15, 0.2) is 11.6 Å². The number of hydrogen-bond acceptors (Lipinski definition) is 6. The number of nitro benzene ring substituents is 1. The minimum absolute atomic E-state index is 0.0438. The van der Waals surface area contributed by atoms with Gasteiger partial charge < -0.3 is 19.5 Å². The topological polar surface area (TPSA) is 102 Å². The molecule has 1 rings (SSSR count). The lowest BCUT2D eigenvalue weighted by Gasteiger charge is -2.22. The molecule has 0 fully saturated rings. The van der Waals surface area contributed by atoms with Gasteiger partial charge in [-0.15, -0.1) is 0 Å². The number of carboxylic acids is 1. The average Bonchev–Trinajstić information content (AvgIpc) is 2.42. The maximum atomic E-state index is 13.6. The third-order valence-corrected chi connectivity index (χ3v) is 2.68. The first-order valence-corrected chi connectivity index (χ1v) is 5.88. The number of carboxylic acid groups (broad SMARTS) is 1. The largest absolute Gasteiger partial charge is 0.494 e. The minimum Gasteiger partial charge on any atom is -0.494 e. The van der Waals surface area contributed by atoms with Crippen molar-refractivity contribution in [1.82, 2.24) is 0 Å². The van der Waals surface area contributed by atoms with E-state index in [-0.39, 0.29) is 24.6 Å². The first-order chi connectivity index (χ1) is 9.90. The molecule has 0 aliphatic rings. The molecule has 0 saturated heterocycles. The van der Waals surface area contributed by atoms with Crippen LogP contribution < -0.4 is 9.64 Å². The molecule has 0 aliphatic heterocycles. The highest BCUT2D eigenvalue weighted by Crippen LogP contribution is 2.34. The lowest BCUT2D eigenvalue weighted by molar-refractivity contribution is -0.384. The summed E-state index contributed by atoms with van der Waals surface area (Å²) in [4.78, 5) is 22.4. The predicted molar refractivity (Wildman–Crippen MR) is 71.3 cm³/mol. The number of aliphatic carboxylic acids is 1. The van der Waals surface area contributed by atoms with Crippen LogP contribution in [0.4, 0.5) is 15.8 Å². The molecule has 9 heteroatoms. The second-order valence-electron chi connectivity index (χ2n) is 4.04. The number of nitro groups is 1. The molecule has 1 aromatic carbocycles. The van der Waals surface area contributed by atoms with Crippen LogP contribution in [0, 0.1) is 15.9 Å². The van der Waals surface area contributed by atoms with Crippen molar-refractivity contribution in [2.24, 2.45) is 0 Å². The fourth-order valence-electron chi connectivity index (χ4n) is 1.74. The maximum Gasteiger partial charge on any atom is 0.323 e. The number of ether oxygens (including phenoxy) is 2. The van der Waals surface area contributed by atoms with Gasteiger partial charge in [-0.3, -0.25) is 14.9 Å². The molecule has 0 aliphatic carbocycles. The molecule has 21 heavy (non-hydrogen) atoms. The first-order valence-electron chi connectivity index (χ1n) is 5.88. The van der Waals surface area contributed by atoms with Gasteiger partial charge in [0, 0.05) is 19.7 Å². The summed E-state index contributed by atoms with van der Waals surface area (Å²) in [5, 5.41) is 19.9. The van der Waals surface area contributed by atoms with Crippen LogP contribution in [0.1, 0.15) is 0 Å². The molecule has 8 nitrogen and oxygen atoms in total. The molecule has 116 valence electrons. The van der Waals surface area contributed by atoms with Crippen molar-refractivity contribution in [2.45, 2.75) is 0 Å². The van der Waals surface area contributed by atoms with Gasteiger partial charge in [0.05, 0.1) is 24.7 Å². The Kier molecular flexibility index (Phi) is 5.85. The van der Waals surface area contributed by atoms with Gasteiger partial charge in [-0.05, 0) is 0 Å². The minimum atomic E-state index is -1.18. The van der Waals surface area contributed by atoms with Crippen LogP contribution in [0.2, 0.25) is 0 Å². The Morgan fingerprint density at radius 2 is 2.14 bits per heavy atom. The van der Waals surface area contributed by atoms with Gasteiger partial charge in [0.25, 0.3) is 5.69 Å². The quantitative estimate of drug-likeness (QED) is 0.570. The summed E-state index contributed by atoms with van der Waals surface area (Å²) in [5.74, 6) is -2.28. The second kappa shape index (κ2) is 7.39. The van der Waals surface area contributed by atoms with E-state index in [4.69, 9.17) is 14.6 Å². The third-order valence-electron chi connectivity index (χ3n) is 2.68. The lowest BCUT2D eigenvalue weighted by Crippen LogP contribution is -2.33. The Morgan fingerprint density at radius 1 is 1.48 bits per heavy atom. The number of benzene rings is 1. The molecule has 0 aromatic heterocycles. The fourth-order valence-corrected chi connectivity index (χ4v) is 1.74. The molecule has 0 saturated carbocycles. The number of rotatable bonds is 8. The predicted octanol–water partition coefficient (Wildman–Crippen LogP) is 1.28. The Hall–Kier alpha value is -2.42. The summed E-state index contributed by atoms with van der Waals surface area (Å²) in [6.45, 7) is -0.235. The van der Waals surface area contributed by atoms with Crippen LogP contribution in [-0.2, 0) is 9.53 Å². The second-order valence-corrected chi connectivity index (χ2v) is 4.04. The van der Waals surface area contributed by atoms with Crippen molar-refractivity contribution in [2.75, 3.05) is 38.8 Å². The number of hydrogen-bond donors (Lipinski definition) is 1. The van der Waals surface area contributed by atoms with E-state index >= 15 is 0 Å². The molecular weight excluding hydrogens is 287 g/mol. The van der Waals surface area contributed by atoms with E-state index in [2.05, 4.69) is 0 Å². The standard InChI is InChI=1S/C12H15FN2O6/c1-20-4-3-14(7-12(16)17)9-6-11(21-2)8(13)5-10(9)15(18)19/h5-6H,3-4,7H2,1-2H3,(H,16,17). The van der Waals surface area contributed by atoms with Crippen molar-refractivity contribution >= 4 is 17.3 Å². The van der Waals surface area contributed by atoms with E-state index in [1.54, 1.807) is 0 Å². The average molecular weight is 302 g/mol. The maximum absolute atomic E-state index is 13.6. The summed E-state index contributed by atoms with van der Waals surface area (Å²) in [7, 11) is 2.63. The van der Waals surface area contributed by atoms with Crippen LogP contribution >= 0.6 is 0 Å². The highest BCUT2D eigenvalue weighted by molar-refractivity contribution is 5.77. The summed E-state index contributed by atoms with van der Waals surface area (Å²) >= 11 is 0. The zero-order valence-electron chi connectivity index (χ0n) is 11.5. The molecule has 0 bridgehead atoms. The number of nitrogens with zero attached hydrogens (tertiary/aromatic N) is 2. The van der Waals surface area contributed by atoms with Gasteiger partial charge in [-0.2, -0.15) is 0 Å². The zero-order chi connectivity index (χ0) is 16.0. The summed E-state index contributed by atoms with van der Waals surface area (Å²) in [6.07, 6.45) is 0. The first kappa shape index (κ1) is 16.6. The monoisotopic (exact) mass is 302 g/mol. The zero-order valence-corrected chi connectivity index (χ0v) is 11.5. The van der Waals surface area contributed by atoms with E-state index in [1.807, 2.05) is 0 Å². The van der Waals surface area contributed by atoms with E-state index in [1.165, 1.54) is 19.1 Å². The van der Waals surface area contributed by atoms with Crippen LogP contribution in [0.3, 0.4) is 0 Å². The van der Waals surface area contributed by atoms with E-state index < -0.39 is 28.9 Å². The molecule has 0 atom stereocenters. The van der Waals surface area contributed by atoms with Gasteiger partial charge in [-0.1, -0.05) is 0 Å². The SMILES string of the molecule is COCCN(CC(=O)O)c1cc(OC)c(F)cc1[N+](=O)[O-]. The van der Waals surface area contributed by atoms with Crippen LogP contribution in [-0.4, -0.2) is 49.9 Å². The molecule has 0 amide bonds. The van der Waals surface area contributed by atoms with Crippen molar-refractivity contribution in [3.8, 4) is 5.75 Å². The summed E-state index contributed by atoms with van der Waals surface area (Å²) in [6, 6.07) is 1.81. The van der Waals surface area contributed by atoms with Crippen molar-refractivity contribution in [3.05, 3.63) is 28.1 Å². The van der Waals surface area contributed by atoms with Crippen molar-refractivity contribution in [3.63, 3.8) is 0 Å². The van der Waals surface area contributed by atoms with Crippen molar-refractivity contribution in [1.29, 1.82) is 0 Å². The molecule has 1 N–H and O–H groups in total. The van der Waals surface area contributed by atoms with Crippen LogP contribution in [0.15, 0.2) is 12.1 Å². The van der Waals surface area contributed by atoms with Gasteiger partial charge in [0.2, 0.25) is 0 Å². The normalized spacial score (nSPS) is 10.2. The number of carbonyl (C=O) groups is 1. The molecule has 0 spiro atoms. The highest BCUT2D eigenvalue weighted by atomic mass is 19.1. The van der Waals surface area contributed by atoms with Gasteiger partial charge >= 0.3 is 5.97 Å².